The molecule has 4 N–H and O–H groups in total. The summed E-state index contributed by atoms with van der Waals surface area (Å²) in [7, 11) is 0. The maximum atomic E-state index is 13.0. The normalized spacial score (nSPS) is 15.8. The summed E-state index contributed by atoms with van der Waals surface area (Å²) >= 11 is 1.45. The first-order valence-electron chi connectivity index (χ1n) is 9.44. The minimum atomic E-state index is -0.321. The molecule has 1 heterocycles. The Balaban J connectivity index is 1.55. The summed E-state index contributed by atoms with van der Waals surface area (Å²) in [6.07, 6.45) is 5.74. The molecule has 0 radical (unpaired) electrons. The van der Waals surface area contributed by atoms with Crippen LogP contribution >= 0.6 is 11.8 Å². The summed E-state index contributed by atoms with van der Waals surface area (Å²) in [4.78, 5) is 24.9. The molecule has 7 nitrogen and oxygen atoms in total. The Hall–Kier alpha value is -2.42. The lowest BCUT2D eigenvalue weighted by atomic mass is 9.95. The minimum Gasteiger partial charge on any atom is -0.368 e. The lowest BCUT2D eigenvalue weighted by molar-refractivity contribution is -0.121. The number of aromatic nitrogens is 3. The Labute approximate surface area is 168 Å². The first-order chi connectivity index (χ1) is 13.5. The van der Waals surface area contributed by atoms with Gasteiger partial charge in [-0.2, -0.15) is 15.0 Å². The molecule has 0 bridgehead atoms. The zero-order chi connectivity index (χ0) is 19.9. The number of thioether (sulfide) groups is 1. The van der Waals surface area contributed by atoms with Crippen LogP contribution in [0.25, 0.3) is 0 Å². The van der Waals surface area contributed by atoms with Crippen molar-refractivity contribution in [2.75, 3.05) is 11.1 Å². The van der Waals surface area contributed by atoms with Gasteiger partial charge < -0.3 is 16.4 Å². The van der Waals surface area contributed by atoms with Gasteiger partial charge >= 0.3 is 0 Å². The molecule has 1 aromatic carbocycles. The molecule has 1 aliphatic rings. The van der Waals surface area contributed by atoms with Crippen molar-refractivity contribution in [3.8, 4) is 0 Å². The fourth-order valence-corrected chi connectivity index (χ4v) is 3.81. The highest BCUT2D eigenvalue weighted by atomic mass is 32.2. The van der Waals surface area contributed by atoms with Crippen LogP contribution in [-0.4, -0.2) is 32.2 Å². The number of carbonyl (C=O) groups excluding carboxylic acids is 1. The van der Waals surface area contributed by atoms with E-state index < -0.39 is 0 Å². The fraction of sp³-hybridized carbons (Fsp3) is 0.474. The molecule has 1 unspecified atom stereocenters. The van der Waals surface area contributed by atoms with E-state index in [9.17, 15) is 9.18 Å². The Kier molecular flexibility index (Phi) is 7.02. The van der Waals surface area contributed by atoms with E-state index >= 15 is 0 Å². The molecule has 1 aromatic heterocycles. The van der Waals surface area contributed by atoms with Gasteiger partial charge in [0.05, 0.1) is 11.0 Å². The highest BCUT2D eigenvalue weighted by Crippen LogP contribution is 2.21. The Morgan fingerprint density at radius 2 is 1.93 bits per heavy atom. The quantitative estimate of drug-likeness (QED) is 0.649. The predicted molar refractivity (Wildman–Crippen MR) is 110 cm³/mol. The second-order valence-corrected chi connectivity index (χ2v) is 8.19. The van der Waals surface area contributed by atoms with Crippen molar-refractivity contribution in [3.63, 3.8) is 0 Å². The van der Waals surface area contributed by atoms with Crippen LogP contribution in [-0.2, 0) is 10.5 Å². The number of rotatable bonds is 7. The van der Waals surface area contributed by atoms with Gasteiger partial charge in [-0.1, -0.05) is 19.3 Å². The second kappa shape index (κ2) is 9.68. The molecular weight excluding hydrogens is 379 g/mol. The monoisotopic (exact) mass is 404 g/mol. The van der Waals surface area contributed by atoms with Crippen LogP contribution in [0.4, 0.5) is 22.0 Å². The van der Waals surface area contributed by atoms with E-state index in [4.69, 9.17) is 5.73 Å². The number of nitrogens with one attached hydrogen (secondary N) is 2. The summed E-state index contributed by atoms with van der Waals surface area (Å²) in [5.74, 6) is 1.02. The first kappa shape index (κ1) is 20.3. The van der Waals surface area contributed by atoms with Crippen LogP contribution in [0.5, 0.6) is 0 Å². The number of hydrogen-bond acceptors (Lipinski definition) is 7. The molecule has 150 valence electrons. The summed E-state index contributed by atoms with van der Waals surface area (Å²) in [6, 6.07) is 6.15. The summed E-state index contributed by atoms with van der Waals surface area (Å²) in [5, 5.41) is 5.90. The summed E-state index contributed by atoms with van der Waals surface area (Å²) in [6.45, 7) is 1.88. The number of benzene rings is 1. The van der Waals surface area contributed by atoms with Crippen molar-refractivity contribution in [2.45, 2.75) is 56.1 Å². The molecule has 1 aliphatic carbocycles. The molecule has 28 heavy (non-hydrogen) atoms. The molecule has 3 rings (SSSR count). The third-order valence-electron chi connectivity index (χ3n) is 4.58. The van der Waals surface area contributed by atoms with Gasteiger partial charge in [-0.3, -0.25) is 4.79 Å². The fourth-order valence-electron chi connectivity index (χ4n) is 3.06. The highest BCUT2D eigenvalue weighted by molar-refractivity contribution is 7.99. The Bertz CT molecular complexity index is 798. The van der Waals surface area contributed by atoms with Gasteiger partial charge in [-0.05, 0) is 44.0 Å². The van der Waals surface area contributed by atoms with E-state index in [0.29, 0.717) is 23.3 Å². The van der Waals surface area contributed by atoms with E-state index in [1.54, 1.807) is 12.1 Å². The molecular formula is C19H25FN6OS. The molecule has 1 fully saturated rings. The lowest BCUT2D eigenvalue weighted by Gasteiger charge is -2.24. The lowest BCUT2D eigenvalue weighted by Crippen LogP contribution is -2.40. The van der Waals surface area contributed by atoms with E-state index in [-0.39, 0.29) is 28.9 Å². The molecule has 0 saturated heterocycles. The largest absolute Gasteiger partial charge is 0.368 e. The summed E-state index contributed by atoms with van der Waals surface area (Å²) in [5.41, 5.74) is 6.42. The SMILES string of the molecule is CC(SCc1nc(N)nc(Nc2ccc(F)cc2)n1)C(=O)NC1CCCCC1. The second-order valence-electron chi connectivity index (χ2n) is 6.86. The van der Waals surface area contributed by atoms with Crippen molar-refractivity contribution in [2.24, 2.45) is 0 Å². The van der Waals surface area contributed by atoms with Crippen molar-refractivity contribution in [1.29, 1.82) is 0 Å². The number of amides is 1. The van der Waals surface area contributed by atoms with Gasteiger partial charge in [-0.25, -0.2) is 4.39 Å². The van der Waals surface area contributed by atoms with E-state index in [2.05, 4.69) is 25.6 Å². The highest BCUT2D eigenvalue weighted by Gasteiger charge is 2.20. The number of nitrogen functional groups attached to an aromatic ring is 1. The third-order valence-corrected chi connectivity index (χ3v) is 5.72. The maximum Gasteiger partial charge on any atom is 0.233 e. The van der Waals surface area contributed by atoms with Crippen LogP contribution in [0.1, 0.15) is 44.9 Å². The zero-order valence-corrected chi connectivity index (χ0v) is 16.6. The Morgan fingerprint density at radius 1 is 1.21 bits per heavy atom. The van der Waals surface area contributed by atoms with Crippen molar-refractivity contribution >= 4 is 35.3 Å². The molecule has 2 aromatic rings. The number of carbonyl (C=O) groups is 1. The van der Waals surface area contributed by atoms with Crippen molar-refractivity contribution < 1.29 is 9.18 Å². The van der Waals surface area contributed by atoms with Crippen molar-refractivity contribution in [1.82, 2.24) is 20.3 Å². The average molecular weight is 405 g/mol. The molecule has 1 atom stereocenters. The molecule has 9 heteroatoms. The third kappa shape index (κ3) is 6.05. The standard InChI is InChI=1S/C19H25FN6OS/c1-12(17(27)22-14-5-3-2-4-6-14)28-11-16-24-18(21)26-19(25-16)23-15-9-7-13(20)8-10-15/h7-10,12,14H,2-6,11H2,1H3,(H,22,27)(H3,21,23,24,25,26). The number of anilines is 3. The van der Waals surface area contributed by atoms with Crippen LogP contribution in [0.15, 0.2) is 24.3 Å². The maximum absolute atomic E-state index is 13.0. The number of nitrogens with zero attached hydrogens (tertiary/aromatic N) is 3. The molecule has 0 aliphatic heterocycles. The van der Waals surface area contributed by atoms with Crippen LogP contribution < -0.4 is 16.4 Å². The van der Waals surface area contributed by atoms with Gasteiger partial charge in [0.15, 0.2) is 0 Å². The first-order valence-corrected chi connectivity index (χ1v) is 10.5. The average Bonchev–Trinajstić information content (AvgIpc) is 2.68. The van der Waals surface area contributed by atoms with Crippen molar-refractivity contribution in [3.05, 3.63) is 35.9 Å². The van der Waals surface area contributed by atoms with E-state index in [1.165, 1.54) is 43.2 Å². The van der Waals surface area contributed by atoms with Gasteiger partial charge in [0.25, 0.3) is 0 Å². The minimum absolute atomic E-state index is 0.0450. The van der Waals surface area contributed by atoms with Crippen LogP contribution in [0.2, 0.25) is 0 Å². The molecule has 1 saturated carbocycles. The number of hydrogen-bond donors (Lipinski definition) is 3. The molecule has 0 spiro atoms. The van der Waals surface area contributed by atoms with Gasteiger partial charge in [0.2, 0.25) is 17.8 Å². The molecule has 1 amide bonds. The van der Waals surface area contributed by atoms with Gasteiger partial charge in [-0.15, -0.1) is 11.8 Å². The van der Waals surface area contributed by atoms with E-state index in [0.717, 1.165) is 12.8 Å². The smallest absolute Gasteiger partial charge is 0.233 e. The zero-order valence-electron chi connectivity index (χ0n) is 15.8. The number of halogens is 1. The van der Waals surface area contributed by atoms with Gasteiger partial charge in [0.1, 0.15) is 11.6 Å². The number of nitrogens with two attached hydrogens (primary N) is 1. The predicted octanol–water partition coefficient (Wildman–Crippen LogP) is 3.41. The van der Waals surface area contributed by atoms with E-state index in [1.807, 2.05) is 6.92 Å². The topological polar surface area (TPSA) is 106 Å². The van der Waals surface area contributed by atoms with Crippen LogP contribution in [0, 0.1) is 5.82 Å². The summed E-state index contributed by atoms with van der Waals surface area (Å²) < 4.78 is 13.0. The van der Waals surface area contributed by atoms with Gasteiger partial charge in [0, 0.05) is 11.7 Å². The van der Waals surface area contributed by atoms with Crippen LogP contribution in [0.3, 0.4) is 0 Å². The Morgan fingerprint density at radius 3 is 2.64 bits per heavy atom.